The minimum absolute atomic E-state index is 0.0707. The van der Waals surface area contributed by atoms with Crippen LogP contribution in [0.2, 0.25) is 0 Å². The molecule has 1 amide bonds. The van der Waals surface area contributed by atoms with Gasteiger partial charge in [0.25, 0.3) is 0 Å². The summed E-state index contributed by atoms with van der Waals surface area (Å²) in [5.41, 5.74) is 0.605. The van der Waals surface area contributed by atoms with Gasteiger partial charge in [-0.3, -0.25) is 10.1 Å². The van der Waals surface area contributed by atoms with E-state index in [1.165, 1.54) is 35.2 Å². The van der Waals surface area contributed by atoms with E-state index in [1.54, 1.807) is 29.1 Å². The minimum Gasteiger partial charge on any atom is -0.328 e. The van der Waals surface area contributed by atoms with E-state index >= 15 is 0 Å². The van der Waals surface area contributed by atoms with Gasteiger partial charge in [-0.05, 0) is 24.3 Å². The number of nitrogens with zero attached hydrogens (tertiary/aromatic N) is 5. The molecule has 0 atom stereocenters. The van der Waals surface area contributed by atoms with E-state index < -0.39 is 11.6 Å². The second-order valence-electron chi connectivity index (χ2n) is 5.54. The number of carbonyl (C=O) groups is 1. The highest BCUT2D eigenvalue weighted by atomic mass is 19.1. The van der Waals surface area contributed by atoms with E-state index in [2.05, 4.69) is 20.4 Å². The van der Waals surface area contributed by atoms with Gasteiger partial charge in [-0.25, -0.2) is 18.3 Å². The van der Waals surface area contributed by atoms with Crippen molar-refractivity contribution < 1.29 is 13.6 Å². The van der Waals surface area contributed by atoms with Crippen LogP contribution in [0.1, 0.15) is 0 Å². The molecule has 7 nitrogen and oxygen atoms in total. The highest BCUT2D eigenvalue weighted by Gasteiger charge is 2.13. The molecule has 1 aromatic carbocycles. The molecule has 0 saturated heterocycles. The third-order valence-corrected chi connectivity index (χ3v) is 3.72. The smallest absolute Gasteiger partial charge is 0.249 e. The number of nitrogens with one attached hydrogen (secondary N) is 1. The lowest BCUT2D eigenvalue weighted by atomic mass is 10.1. The summed E-state index contributed by atoms with van der Waals surface area (Å²) in [5, 5.41) is 6.70. The van der Waals surface area contributed by atoms with Crippen LogP contribution in [0, 0.1) is 11.6 Å². The van der Waals surface area contributed by atoms with Crippen LogP contribution in [0.5, 0.6) is 0 Å². The van der Waals surface area contributed by atoms with Crippen molar-refractivity contribution >= 4 is 17.5 Å². The summed E-state index contributed by atoms with van der Waals surface area (Å²) in [5.74, 6) is -1.56. The fourth-order valence-electron chi connectivity index (χ4n) is 2.57. The van der Waals surface area contributed by atoms with Crippen LogP contribution in [-0.2, 0) is 11.3 Å². The van der Waals surface area contributed by atoms with Gasteiger partial charge >= 0.3 is 0 Å². The third-order valence-electron chi connectivity index (χ3n) is 3.72. The van der Waals surface area contributed by atoms with E-state index in [-0.39, 0.29) is 24.0 Å². The molecule has 0 aliphatic carbocycles. The first-order chi connectivity index (χ1) is 12.6. The first-order valence-corrected chi connectivity index (χ1v) is 7.66. The largest absolute Gasteiger partial charge is 0.328 e. The zero-order chi connectivity index (χ0) is 18.1. The molecular formula is C17H12F2N6O. The number of pyridine rings is 1. The van der Waals surface area contributed by atoms with Crippen LogP contribution in [0.15, 0.2) is 55.2 Å². The van der Waals surface area contributed by atoms with Gasteiger partial charge in [0, 0.05) is 24.2 Å². The Kier molecular flexibility index (Phi) is 3.88. The fourth-order valence-corrected chi connectivity index (χ4v) is 2.57. The van der Waals surface area contributed by atoms with Crippen molar-refractivity contribution in [2.45, 2.75) is 6.54 Å². The Morgan fingerprint density at radius 2 is 1.96 bits per heavy atom. The Labute approximate surface area is 145 Å². The Bertz CT molecular complexity index is 1070. The number of halogens is 2. The van der Waals surface area contributed by atoms with Gasteiger partial charge in [-0.1, -0.05) is 6.07 Å². The van der Waals surface area contributed by atoms with Crippen molar-refractivity contribution in [1.29, 1.82) is 0 Å². The monoisotopic (exact) mass is 354 g/mol. The Morgan fingerprint density at radius 3 is 2.69 bits per heavy atom. The molecule has 9 heteroatoms. The van der Waals surface area contributed by atoms with Crippen molar-refractivity contribution in [1.82, 2.24) is 24.1 Å². The van der Waals surface area contributed by atoms with Crippen molar-refractivity contribution in [3.63, 3.8) is 0 Å². The average molecular weight is 354 g/mol. The number of imidazole rings is 1. The zero-order valence-corrected chi connectivity index (χ0v) is 13.3. The number of hydrogen-bond donors (Lipinski definition) is 1. The predicted molar refractivity (Wildman–Crippen MR) is 89.2 cm³/mol. The Hall–Kier alpha value is -3.62. The molecule has 0 aliphatic rings. The van der Waals surface area contributed by atoms with E-state index in [0.29, 0.717) is 11.2 Å². The topological polar surface area (TPSA) is 77.1 Å². The summed E-state index contributed by atoms with van der Waals surface area (Å²) >= 11 is 0. The van der Waals surface area contributed by atoms with E-state index in [1.807, 2.05) is 0 Å². The first-order valence-electron chi connectivity index (χ1n) is 7.66. The molecule has 26 heavy (non-hydrogen) atoms. The molecule has 3 aromatic heterocycles. The van der Waals surface area contributed by atoms with Crippen LogP contribution in [0.4, 0.5) is 14.7 Å². The summed E-state index contributed by atoms with van der Waals surface area (Å²) in [6, 6.07) is 6.79. The average Bonchev–Trinajstić information content (AvgIpc) is 3.23. The summed E-state index contributed by atoms with van der Waals surface area (Å²) in [7, 11) is 0. The fraction of sp³-hybridized carbons (Fsp3) is 0.0588. The predicted octanol–water partition coefficient (Wildman–Crippen LogP) is 2.51. The molecule has 0 saturated carbocycles. The van der Waals surface area contributed by atoms with E-state index in [0.717, 1.165) is 0 Å². The minimum atomic E-state index is -0.668. The normalized spacial score (nSPS) is 11.0. The number of anilines is 1. The lowest BCUT2D eigenvalue weighted by Gasteiger charge is -2.04. The van der Waals surface area contributed by atoms with E-state index in [4.69, 9.17) is 0 Å². The number of amides is 1. The van der Waals surface area contributed by atoms with Gasteiger partial charge in [-0.2, -0.15) is 4.98 Å². The summed E-state index contributed by atoms with van der Waals surface area (Å²) < 4.78 is 30.8. The lowest BCUT2D eigenvalue weighted by molar-refractivity contribution is -0.116. The number of rotatable bonds is 4. The van der Waals surface area contributed by atoms with Crippen LogP contribution in [0.25, 0.3) is 16.8 Å². The van der Waals surface area contributed by atoms with Gasteiger partial charge in [0.2, 0.25) is 11.9 Å². The molecule has 0 spiro atoms. The molecule has 0 bridgehead atoms. The third kappa shape index (κ3) is 3.02. The van der Waals surface area contributed by atoms with E-state index in [9.17, 15) is 13.6 Å². The van der Waals surface area contributed by atoms with Crippen LogP contribution in [-0.4, -0.2) is 30.1 Å². The molecule has 4 rings (SSSR count). The summed E-state index contributed by atoms with van der Waals surface area (Å²) in [4.78, 5) is 20.0. The highest BCUT2D eigenvalue weighted by molar-refractivity contribution is 5.89. The zero-order valence-electron chi connectivity index (χ0n) is 13.3. The summed E-state index contributed by atoms with van der Waals surface area (Å²) in [6.45, 7) is 0.0707. The molecule has 0 aliphatic heterocycles. The molecule has 0 unspecified atom stereocenters. The second-order valence-corrected chi connectivity index (χ2v) is 5.54. The quantitative estimate of drug-likeness (QED) is 0.611. The molecule has 4 aromatic rings. The number of aromatic nitrogens is 5. The molecule has 1 N–H and O–H groups in total. The van der Waals surface area contributed by atoms with Crippen molar-refractivity contribution in [3.8, 4) is 11.1 Å². The number of carbonyl (C=O) groups excluding carboxylic acids is 1. The lowest BCUT2D eigenvalue weighted by Crippen LogP contribution is -2.18. The first kappa shape index (κ1) is 15.9. The Morgan fingerprint density at radius 1 is 1.15 bits per heavy atom. The molecule has 3 heterocycles. The van der Waals surface area contributed by atoms with Gasteiger partial charge in [-0.15, -0.1) is 5.10 Å². The van der Waals surface area contributed by atoms with Crippen molar-refractivity contribution in [2.75, 3.05) is 5.32 Å². The van der Waals surface area contributed by atoms with Crippen LogP contribution >= 0.6 is 0 Å². The summed E-state index contributed by atoms with van der Waals surface area (Å²) in [6.07, 6.45) is 6.20. The molecule has 130 valence electrons. The van der Waals surface area contributed by atoms with Crippen molar-refractivity contribution in [3.05, 3.63) is 66.9 Å². The maximum Gasteiger partial charge on any atom is 0.249 e. The maximum atomic E-state index is 13.9. The van der Waals surface area contributed by atoms with Crippen LogP contribution in [0.3, 0.4) is 0 Å². The SMILES string of the molecule is O=C(Cn1ccnc1)Nc1nc2ccc(-c3c(F)cccc3F)cn2n1. The van der Waals surface area contributed by atoms with Gasteiger partial charge in [0.1, 0.15) is 18.2 Å². The Balaban J connectivity index is 1.61. The standard InChI is InChI=1S/C17H12F2N6O/c18-12-2-1-3-13(19)16(12)11-4-5-14-21-17(23-25(14)8-11)22-15(26)9-24-7-6-20-10-24/h1-8,10H,9H2,(H,22,23,26). The van der Waals surface area contributed by atoms with Crippen molar-refractivity contribution in [2.24, 2.45) is 0 Å². The maximum absolute atomic E-state index is 13.9. The number of fused-ring (bicyclic) bond motifs is 1. The second kappa shape index (κ2) is 6.36. The molecule has 0 radical (unpaired) electrons. The van der Waals surface area contributed by atoms with Gasteiger partial charge < -0.3 is 4.57 Å². The number of benzene rings is 1. The van der Waals surface area contributed by atoms with Crippen LogP contribution < -0.4 is 5.32 Å². The molecule has 0 fully saturated rings. The highest BCUT2D eigenvalue weighted by Crippen LogP contribution is 2.26. The number of hydrogen-bond acceptors (Lipinski definition) is 4. The van der Waals surface area contributed by atoms with Gasteiger partial charge in [0.15, 0.2) is 5.65 Å². The molecular weight excluding hydrogens is 342 g/mol. The van der Waals surface area contributed by atoms with Gasteiger partial charge in [0.05, 0.1) is 11.9 Å².